The number of aryl methyl sites for hydroxylation is 2. The molecular weight excluding hydrogens is 220 g/mol. The molecule has 2 aromatic carbocycles. The molecule has 1 heteroatoms. The number of hydrogen-bond donors (Lipinski definition) is 0. The molecule has 0 saturated heterocycles. The standard InChI is InChI=1S/C16H20Si/c1-3-13-9-5-7-11-15(13)17-16-12-8-6-10-14(16)4-2/h5-12H,3-4,17H2,1-2H3. The molecule has 2 rings (SSSR count). The van der Waals surface area contributed by atoms with Gasteiger partial charge in [0, 0.05) is 0 Å². The number of rotatable bonds is 4. The van der Waals surface area contributed by atoms with E-state index in [4.69, 9.17) is 0 Å². The summed E-state index contributed by atoms with van der Waals surface area (Å²) in [7, 11) is -0.314. The third-order valence-electron chi connectivity index (χ3n) is 3.38. The largest absolute Gasteiger partial charge is 0.0882 e. The summed E-state index contributed by atoms with van der Waals surface area (Å²) in [5.41, 5.74) is 3.06. The predicted octanol–water partition coefficient (Wildman–Crippen LogP) is 1.93. The van der Waals surface area contributed by atoms with Gasteiger partial charge in [0.2, 0.25) is 0 Å². The Morgan fingerprint density at radius 3 is 1.53 bits per heavy atom. The van der Waals surface area contributed by atoms with Gasteiger partial charge in [0.05, 0.1) is 9.52 Å². The molecule has 0 aromatic heterocycles. The van der Waals surface area contributed by atoms with Crippen LogP contribution in [0.4, 0.5) is 0 Å². The van der Waals surface area contributed by atoms with Gasteiger partial charge in [0.15, 0.2) is 0 Å². The Morgan fingerprint density at radius 1 is 0.706 bits per heavy atom. The van der Waals surface area contributed by atoms with Gasteiger partial charge in [0.25, 0.3) is 0 Å². The molecule has 0 saturated carbocycles. The van der Waals surface area contributed by atoms with Crippen molar-refractivity contribution in [1.29, 1.82) is 0 Å². The van der Waals surface area contributed by atoms with Crippen molar-refractivity contribution in [2.45, 2.75) is 26.7 Å². The minimum Gasteiger partial charge on any atom is -0.0630 e. The van der Waals surface area contributed by atoms with Crippen molar-refractivity contribution in [3.8, 4) is 0 Å². The van der Waals surface area contributed by atoms with Gasteiger partial charge in [0.1, 0.15) is 0 Å². The quantitative estimate of drug-likeness (QED) is 0.717. The molecule has 0 atom stereocenters. The van der Waals surface area contributed by atoms with Crippen molar-refractivity contribution < 1.29 is 0 Å². The highest BCUT2D eigenvalue weighted by atomic mass is 28.2. The first kappa shape index (κ1) is 12.1. The third kappa shape index (κ3) is 2.86. The van der Waals surface area contributed by atoms with E-state index < -0.39 is 0 Å². The van der Waals surface area contributed by atoms with Crippen LogP contribution in [-0.2, 0) is 12.8 Å². The molecule has 0 heterocycles. The molecule has 0 spiro atoms. The summed E-state index contributed by atoms with van der Waals surface area (Å²) in [6, 6.07) is 17.8. The molecule has 0 amide bonds. The minimum absolute atomic E-state index is 0.314. The minimum atomic E-state index is -0.314. The van der Waals surface area contributed by atoms with Crippen LogP contribution in [0.1, 0.15) is 25.0 Å². The van der Waals surface area contributed by atoms with E-state index in [1.54, 1.807) is 10.4 Å². The zero-order valence-corrected chi connectivity index (χ0v) is 12.2. The van der Waals surface area contributed by atoms with Crippen LogP contribution in [-0.4, -0.2) is 9.52 Å². The Hall–Kier alpha value is -1.34. The van der Waals surface area contributed by atoms with Crippen molar-refractivity contribution in [3.63, 3.8) is 0 Å². The lowest BCUT2D eigenvalue weighted by molar-refractivity contribution is 1.15. The van der Waals surface area contributed by atoms with E-state index in [0.717, 1.165) is 12.8 Å². The Balaban J connectivity index is 2.31. The van der Waals surface area contributed by atoms with Crippen molar-refractivity contribution in [2.75, 3.05) is 0 Å². The summed E-state index contributed by atoms with van der Waals surface area (Å²) in [5, 5.41) is 3.21. The van der Waals surface area contributed by atoms with Gasteiger partial charge in [-0.15, -0.1) is 0 Å². The summed E-state index contributed by atoms with van der Waals surface area (Å²) in [4.78, 5) is 0. The number of hydrogen-bond acceptors (Lipinski definition) is 0. The first-order chi connectivity index (χ1) is 8.35. The second-order valence-electron chi connectivity index (χ2n) is 4.42. The monoisotopic (exact) mass is 240 g/mol. The Labute approximate surface area is 107 Å². The number of benzene rings is 2. The van der Waals surface area contributed by atoms with Crippen LogP contribution in [0, 0.1) is 0 Å². The van der Waals surface area contributed by atoms with Crippen LogP contribution in [0.25, 0.3) is 0 Å². The van der Waals surface area contributed by atoms with E-state index in [0.29, 0.717) is 0 Å². The molecule has 0 bridgehead atoms. The molecule has 0 radical (unpaired) electrons. The molecular formula is C16H20Si. The molecule has 0 aliphatic rings. The summed E-state index contributed by atoms with van der Waals surface area (Å²) in [6.45, 7) is 4.50. The first-order valence-electron chi connectivity index (χ1n) is 6.48. The van der Waals surface area contributed by atoms with Crippen LogP contribution >= 0.6 is 0 Å². The predicted molar refractivity (Wildman–Crippen MR) is 79.5 cm³/mol. The zero-order valence-electron chi connectivity index (χ0n) is 10.7. The van der Waals surface area contributed by atoms with Gasteiger partial charge in [-0.25, -0.2) is 0 Å². The summed E-state index contributed by atoms with van der Waals surface area (Å²) >= 11 is 0. The normalized spacial score (nSPS) is 10.5. The molecule has 0 aliphatic carbocycles. The summed E-state index contributed by atoms with van der Waals surface area (Å²) in [5.74, 6) is 0. The highest BCUT2D eigenvalue weighted by Gasteiger charge is 2.05. The SMILES string of the molecule is CCc1ccccc1[SiH2]c1ccccc1CC. The average molecular weight is 240 g/mol. The molecule has 17 heavy (non-hydrogen) atoms. The van der Waals surface area contributed by atoms with Gasteiger partial charge in [-0.2, -0.15) is 0 Å². The molecule has 2 aromatic rings. The maximum atomic E-state index is 2.32. The van der Waals surface area contributed by atoms with Crippen molar-refractivity contribution >= 4 is 19.9 Å². The van der Waals surface area contributed by atoms with E-state index in [9.17, 15) is 0 Å². The van der Waals surface area contributed by atoms with Crippen LogP contribution in [0.3, 0.4) is 0 Å². The van der Waals surface area contributed by atoms with Crippen LogP contribution < -0.4 is 10.4 Å². The Kier molecular flexibility index (Phi) is 4.16. The lowest BCUT2D eigenvalue weighted by atomic mass is 10.2. The Bertz CT molecular complexity index is 443. The molecule has 0 unspecified atom stereocenters. The van der Waals surface area contributed by atoms with E-state index in [1.807, 2.05) is 0 Å². The van der Waals surface area contributed by atoms with E-state index >= 15 is 0 Å². The van der Waals surface area contributed by atoms with Crippen molar-refractivity contribution in [1.82, 2.24) is 0 Å². The van der Waals surface area contributed by atoms with Crippen molar-refractivity contribution in [2.24, 2.45) is 0 Å². The van der Waals surface area contributed by atoms with Crippen LogP contribution in [0.5, 0.6) is 0 Å². The Morgan fingerprint density at radius 2 is 1.12 bits per heavy atom. The molecule has 0 N–H and O–H groups in total. The van der Waals surface area contributed by atoms with E-state index in [-0.39, 0.29) is 9.52 Å². The summed E-state index contributed by atoms with van der Waals surface area (Å²) < 4.78 is 0. The van der Waals surface area contributed by atoms with E-state index in [2.05, 4.69) is 62.4 Å². The lowest BCUT2D eigenvalue weighted by Gasteiger charge is -2.10. The second kappa shape index (κ2) is 5.83. The maximum Gasteiger partial charge on any atom is 0.0882 e. The smallest absolute Gasteiger partial charge is 0.0630 e. The fraction of sp³-hybridized carbons (Fsp3) is 0.250. The first-order valence-corrected chi connectivity index (χ1v) is 7.90. The van der Waals surface area contributed by atoms with Gasteiger partial charge in [-0.05, 0) is 24.0 Å². The molecule has 88 valence electrons. The highest BCUT2D eigenvalue weighted by molar-refractivity contribution is 6.68. The zero-order chi connectivity index (χ0) is 12.1. The average Bonchev–Trinajstić information content (AvgIpc) is 2.40. The topological polar surface area (TPSA) is 0 Å². The maximum absolute atomic E-state index is 2.32. The van der Waals surface area contributed by atoms with Crippen LogP contribution in [0.15, 0.2) is 48.5 Å². The fourth-order valence-corrected chi connectivity index (χ4v) is 4.46. The highest BCUT2D eigenvalue weighted by Crippen LogP contribution is 1.99. The lowest BCUT2D eigenvalue weighted by Crippen LogP contribution is -2.31. The molecule has 0 nitrogen and oxygen atoms in total. The van der Waals surface area contributed by atoms with E-state index in [1.165, 1.54) is 11.1 Å². The second-order valence-corrected chi connectivity index (χ2v) is 6.30. The van der Waals surface area contributed by atoms with Gasteiger partial charge in [-0.3, -0.25) is 0 Å². The fourth-order valence-electron chi connectivity index (χ4n) is 2.35. The van der Waals surface area contributed by atoms with Gasteiger partial charge < -0.3 is 0 Å². The van der Waals surface area contributed by atoms with Crippen LogP contribution in [0.2, 0.25) is 0 Å². The van der Waals surface area contributed by atoms with Gasteiger partial charge in [-0.1, -0.05) is 72.8 Å². The molecule has 0 aliphatic heterocycles. The third-order valence-corrected chi connectivity index (χ3v) is 5.52. The summed E-state index contributed by atoms with van der Waals surface area (Å²) in [6.07, 6.45) is 2.30. The van der Waals surface area contributed by atoms with Gasteiger partial charge >= 0.3 is 0 Å². The van der Waals surface area contributed by atoms with Crippen molar-refractivity contribution in [3.05, 3.63) is 59.7 Å². The molecule has 0 fully saturated rings.